The number of likely N-dealkylation sites (N-methyl/N-ethyl adjacent to an activating group) is 1. The molecule has 0 saturated carbocycles. The first-order valence-electron chi connectivity index (χ1n) is 23.6. The molecule has 0 aromatic heterocycles. The fourth-order valence-corrected chi connectivity index (χ4v) is 7.76. The summed E-state index contributed by atoms with van der Waals surface area (Å²) < 4.78 is 34.4. The molecule has 0 aliphatic heterocycles. The molecule has 364 valence electrons. The molecule has 0 amide bonds. The van der Waals surface area contributed by atoms with Crippen LogP contribution < -0.4 is 10.6 Å². The van der Waals surface area contributed by atoms with Gasteiger partial charge in [0.25, 0.3) is 7.82 Å². The first-order chi connectivity index (χ1) is 30.2. The van der Waals surface area contributed by atoms with Crippen molar-refractivity contribution in [1.29, 1.82) is 0 Å². The number of thioether (sulfide) groups is 1. The summed E-state index contributed by atoms with van der Waals surface area (Å²) in [7, 11) is 1.09. The third-order valence-electron chi connectivity index (χ3n) is 9.82. The Morgan fingerprint density at radius 1 is 0.746 bits per heavy atom. The van der Waals surface area contributed by atoms with Crippen LogP contribution >= 0.6 is 19.6 Å². The lowest BCUT2D eigenvalue weighted by Gasteiger charge is -2.28. The lowest BCUT2D eigenvalue weighted by Crippen LogP contribution is -2.38. The van der Waals surface area contributed by atoms with Gasteiger partial charge >= 0.3 is 11.9 Å². The van der Waals surface area contributed by atoms with Crippen molar-refractivity contribution >= 4 is 31.5 Å². The van der Waals surface area contributed by atoms with Gasteiger partial charge in [-0.2, -0.15) is 0 Å². The number of esters is 1. The number of quaternary nitrogens is 1. The molecule has 12 nitrogen and oxygen atoms in total. The summed E-state index contributed by atoms with van der Waals surface area (Å²) in [5.41, 5.74) is 6.22. The Hall–Kier alpha value is -2.48. The molecule has 0 aromatic rings. The van der Waals surface area contributed by atoms with Crippen LogP contribution in [0.25, 0.3) is 0 Å². The summed E-state index contributed by atoms with van der Waals surface area (Å²) in [6, 6.07) is -1.07. The van der Waals surface area contributed by atoms with Crippen LogP contribution in [0.5, 0.6) is 0 Å². The average molecular weight is 927 g/mol. The van der Waals surface area contributed by atoms with Gasteiger partial charge in [0.05, 0.1) is 40.1 Å². The number of aliphatic hydroxyl groups is 1. The number of hydrogen-bond donors (Lipinski definition) is 3. The Morgan fingerprint density at radius 3 is 1.95 bits per heavy atom. The lowest BCUT2D eigenvalue weighted by molar-refractivity contribution is -0.870. The molecule has 5 atom stereocenters. The van der Waals surface area contributed by atoms with Crippen molar-refractivity contribution < 1.29 is 52.3 Å². The second-order valence-corrected chi connectivity index (χ2v) is 19.6. The van der Waals surface area contributed by atoms with Gasteiger partial charge in [-0.15, -0.1) is 11.8 Å². The predicted molar refractivity (Wildman–Crippen MR) is 259 cm³/mol. The van der Waals surface area contributed by atoms with Gasteiger partial charge in [0.15, 0.2) is 6.10 Å². The van der Waals surface area contributed by atoms with Gasteiger partial charge in [-0.1, -0.05) is 132 Å². The van der Waals surface area contributed by atoms with E-state index >= 15 is 0 Å². The number of nitrogens with zero attached hydrogens (tertiary/aromatic N) is 1. The molecule has 4 N–H and O–H groups in total. The highest BCUT2D eigenvalue weighted by Gasteiger charge is 2.24. The molecule has 0 spiro atoms. The second kappa shape index (κ2) is 41.0. The van der Waals surface area contributed by atoms with Crippen molar-refractivity contribution in [2.75, 3.05) is 53.3 Å². The van der Waals surface area contributed by atoms with Gasteiger partial charge in [0.2, 0.25) is 0 Å². The second-order valence-electron chi connectivity index (χ2n) is 17.0. The van der Waals surface area contributed by atoms with Gasteiger partial charge in [0.1, 0.15) is 25.8 Å². The quantitative estimate of drug-likeness (QED) is 0.0100. The lowest BCUT2D eigenvalue weighted by atomic mass is 10.1. The number of phosphoric acid groups is 1. The van der Waals surface area contributed by atoms with E-state index in [-0.39, 0.29) is 31.8 Å². The molecule has 0 aliphatic carbocycles. The van der Waals surface area contributed by atoms with E-state index in [4.69, 9.17) is 29.4 Å². The normalized spacial score (nSPS) is 15.6. The largest absolute Gasteiger partial charge is 0.756 e. The van der Waals surface area contributed by atoms with Crippen LogP contribution in [-0.4, -0.2) is 103 Å². The number of phosphoric ester groups is 1. The van der Waals surface area contributed by atoms with Crippen molar-refractivity contribution in [3.8, 4) is 0 Å². The number of carbonyl (C=O) groups is 2. The van der Waals surface area contributed by atoms with Crippen LogP contribution in [0.3, 0.4) is 0 Å². The smallest absolute Gasteiger partial charge is 0.323 e. The average Bonchev–Trinajstić information content (AvgIpc) is 3.23. The number of nitrogens with two attached hydrogens (primary N) is 1. The molecular formula is C49H87N2O10PS. The van der Waals surface area contributed by atoms with E-state index in [2.05, 4.69) is 44.2 Å². The molecular weight excluding hydrogens is 840 g/mol. The molecule has 0 aromatic carbocycles. The van der Waals surface area contributed by atoms with Crippen LogP contribution in [0.2, 0.25) is 0 Å². The molecule has 0 radical (unpaired) electrons. The van der Waals surface area contributed by atoms with Crippen molar-refractivity contribution in [3.63, 3.8) is 0 Å². The number of carboxylic acid groups (broad SMARTS) is 1. The fourth-order valence-electron chi connectivity index (χ4n) is 5.91. The Morgan fingerprint density at radius 2 is 1.32 bits per heavy atom. The first-order valence-corrected chi connectivity index (χ1v) is 26.2. The van der Waals surface area contributed by atoms with Crippen LogP contribution in [0.4, 0.5) is 0 Å². The van der Waals surface area contributed by atoms with Gasteiger partial charge in [-0.25, -0.2) is 0 Å². The number of aliphatic hydroxyl groups excluding tert-OH is 1. The standard InChI is InChI=1S/C49H87N2O10PS/c1-6-8-10-12-14-16-18-20-21-22-23-25-27-29-31-33-39-58-44(42-61-62(56,57)60-40-38-51(3,4)5)41-59-49(55)45(50)43-63-47(46(52)35-34-37-48(53)54)36-32-30-28-26-24-19-17-15-13-11-9-7-2/h15,17,20-21,24,26,28,30,32-33,36,39,44-47,52H,6-14,16,18-19,22-23,25,27,29,31,34-35,37-38,40-43,50H2,1-5H3,(H-,53,54,56,57)/b17-15-,21-20-,26-24-,30-28+,36-32+,39-33+/t44-,45+,46+,47-/m1/s1. The Kier molecular flexibility index (Phi) is 39.4. The highest BCUT2D eigenvalue weighted by molar-refractivity contribution is 8.00. The molecule has 0 heterocycles. The molecule has 1 unspecified atom stereocenters. The highest BCUT2D eigenvalue weighted by Crippen LogP contribution is 2.38. The summed E-state index contributed by atoms with van der Waals surface area (Å²) in [6.07, 6.45) is 43.2. The maximum atomic E-state index is 13.0. The van der Waals surface area contributed by atoms with Crippen LogP contribution in [-0.2, 0) is 32.7 Å². The van der Waals surface area contributed by atoms with Crippen molar-refractivity contribution in [2.45, 2.75) is 172 Å². The molecule has 0 bridgehead atoms. The van der Waals surface area contributed by atoms with Gasteiger partial charge in [-0.3, -0.25) is 14.2 Å². The van der Waals surface area contributed by atoms with Crippen LogP contribution in [0.15, 0.2) is 73.1 Å². The zero-order chi connectivity index (χ0) is 46.9. The minimum Gasteiger partial charge on any atom is -0.756 e. The van der Waals surface area contributed by atoms with E-state index in [1.54, 1.807) is 12.2 Å². The molecule has 0 saturated heterocycles. The van der Waals surface area contributed by atoms with E-state index in [1.165, 1.54) is 82.2 Å². The summed E-state index contributed by atoms with van der Waals surface area (Å²) in [5, 5.41) is 19.5. The molecule has 14 heteroatoms. The highest BCUT2D eigenvalue weighted by atomic mass is 32.2. The fraction of sp³-hybridized carbons (Fsp3) is 0.714. The predicted octanol–water partition coefficient (Wildman–Crippen LogP) is 10.5. The van der Waals surface area contributed by atoms with E-state index in [0.29, 0.717) is 17.4 Å². The number of hydrogen-bond acceptors (Lipinski definition) is 11. The third-order valence-corrected chi connectivity index (χ3v) is 12.2. The van der Waals surface area contributed by atoms with E-state index < -0.39 is 49.9 Å². The number of ether oxygens (including phenoxy) is 2. The van der Waals surface area contributed by atoms with E-state index in [9.17, 15) is 24.2 Å². The van der Waals surface area contributed by atoms with E-state index in [1.807, 2.05) is 45.4 Å². The van der Waals surface area contributed by atoms with Gasteiger partial charge in [0, 0.05) is 17.4 Å². The number of unbranched alkanes of at least 4 members (excludes halogenated alkanes) is 14. The summed E-state index contributed by atoms with van der Waals surface area (Å²) in [4.78, 5) is 36.6. The monoisotopic (exact) mass is 927 g/mol. The van der Waals surface area contributed by atoms with Crippen molar-refractivity contribution in [3.05, 3.63) is 73.1 Å². The summed E-state index contributed by atoms with van der Waals surface area (Å²) in [5.74, 6) is -1.56. The molecule has 0 rings (SSSR count). The molecule has 0 fully saturated rings. The zero-order valence-electron chi connectivity index (χ0n) is 39.7. The van der Waals surface area contributed by atoms with E-state index in [0.717, 1.165) is 51.4 Å². The van der Waals surface area contributed by atoms with Gasteiger partial charge < -0.3 is 43.8 Å². The maximum absolute atomic E-state index is 13.0. The maximum Gasteiger partial charge on any atom is 0.323 e. The first kappa shape index (κ1) is 60.5. The number of rotatable bonds is 43. The Bertz CT molecular complexity index is 1360. The van der Waals surface area contributed by atoms with Gasteiger partial charge in [-0.05, 0) is 76.7 Å². The third kappa shape index (κ3) is 41.9. The van der Waals surface area contributed by atoms with Crippen LogP contribution in [0.1, 0.15) is 149 Å². The number of carbonyl (C=O) groups excluding carboxylic acids is 1. The van der Waals surface area contributed by atoms with Crippen molar-refractivity contribution in [2.24, 2.45) is 5.73 Å². The molecule has 0 aliphatic rings. The minimum atomic E-state index is -4.66. The zero-order valence-corrected chi connectivity index (χ0v) is 41.4. The Balaban J connectivity index is 5.18. The SMILES string of the molecule is CCCCC/C=C\C\C=C/C=C/C=C/[C@@H](SC[C@H](N)C(=O)OC[C@H](COP(=O)([O-])OCC[N+](C)(C)C)O/C=C/CCCCCC/C=C\CCCCCCCC)[C@@H](O)CCCC(=O)O. The Labute approximate surface area is 386 Å². The number of carboxylic acids is 1. The minimum absolute atomic E-state index is 0.0540. The summed E-state index contributed by atoms with van der Waals surface area (Å²) >= 11 is 1.26. The topological polar surface area (TPSA) is 178 Å². The molecule has 63 heavy (non-hydrogen) atoms. The number of allylic oxidation sites excluding steroid dienone is 10. The summed E-state index contributed by atoms with van der Waals surface area (Å²) in [6.45, 7) is 4.07. The van der Waals surface area contributed by atoms with Crippen molar-refractivity contribution in [1.82, 2.24) is 0 Å². The number of aliphatic carboxylic acids is 1. The van der Waals surface area contributed by atoms with Crippen LogP contribution in [0, 0.1) is 0 Å².